The quantitative estimate of drug-likeness (QED) is 0.745. The van der Waals surface area contributed by atoms with Crippen LogP contribution < -0.4 is 5.32 Å². The van der Waals surface area contributed by atoms with Crippen LogP contribution in [-0.2, 0) is 19.1 Å². The van der Waals surface area contributed by atoms with Crippen LogP contribution in [0.3, 0.4) is 0 Å². The number of methoxy groups -OCH3 is 2. The lowest BCUT2D eigenvalue weighted by atomic mass is 10.2. The van der Waals surface area contributed by atoms with E-state index in [-0.39, 0.29) is 6.61 Å². The number of amides is 1. The van der Waals surface area contributed by atoms with Crippen molar-refractivity contribution in [3.8, 4) is 0 Å². The first kappa shape index (κ1) is 13.3. The van der Waals surface area contributed by atoms with E-state index in [0.29, 0.717) is 5.69 Å². The van der Waals surface area contributed by atoms with E-state index >= 15 is 0 Å². The molecule has 0 aliphatic rings. The second-order valence-corrected chi connectivity index (χ2v) is 3.37. The van der Waals surface area contributed by atoms with Crippen molar-refractivity contribution >= 4 is 17.4 Å². The molecule has 17 heavy (non-hydrogen) atoms. The van der Waals surface area contributed by atoms with E-state index in [4.69, 9.17) is 4.74 Å². The smallest absolute Gasteiger partial charge is 0.261 e. The van der Waals surface area contributed by atoms with E-state index in [1.807, 2.05) is 6.07 Å². The highest BCUT2D eigenvalue weighted by atomic mass is 16.5. The molecule has 1 aromatic carbocycles. The van der Waals surface area contributed by atoms with E-state index in [2.05, 4.69) is 10.1 Å². The zero-order valence-corrected chi connectivity index (χ0v) is 9.80. The molecule has 1 rings (SSSR count). The average Bonchev–Trinajstić information content (AvgIpc) is 2.31. The minimum atomic E-state index is -1.14. The van der Waals surface area contributed by atoms with Gasteiger partial charge in [0.25, 0.3) is 5.91 Å². The van der Waals surface area contributed by atoms with Crippen molar-refractivity contribution < 1.29 is 19.1 Å². The molecule has 0 aromatic heterocycles. The Kier molecular flexibility index (Phi) is 5.32. The van der Waals surface area contributed by atoms with E-state index < -0.39 is 17.8 Å². The van der Waals surface area contributed by atoms with Crippen molar-refractivity contribution in [3.63, 3.8) is 0 Å². The monoisotopic (exact) mass is 237 g/mol. The third-order valence-electron chi connectivity index (χ3n) is 2.09. The summed E-state index contributed by atoms with van der Waals surface area (Å²) in [5.74, 6) is -0.913. The second kappa shape index (κ2) is 6.78. The van der Waals surface area contributed by atoms with Crippen LogP contribution in [0, 0.1) is 0 Å². The highest BCUT2D eigenvalue weighted by Crippen LogP contribution is 2.06. The predicted octanol–water partition coefficient (Wildman–Crippen LogP) is 0.856. The van der Waals surface area contributed by atoms with E-state index in [0.717, 1.165) is 0 Å². The van der Waals surface area contributed by atoms with Gasteiger partial charge >= 0.3 is 0 Å². The van der Waals surface area contributed by atoms with Crippen LogP contribution in [0.25, 0.3) is 0 Å². The minimum Gasteiger partial charge on any atom is -0.377 e. The van der Waals surface area contributed by atoms with Crippen LogP contribution in [0.15, 0.2) is 30.3 Å². The van der Waals surface area contributed by atoms with Crippen LogP contribution in [0.1, 0.15) is 0 Å². The molecule has 1 aromatic rings. The molecular formula is C12H15NO4. The summed E-state index contributed by atoms with van der Waals surface area (Å²) in [5.41, 5.74) is 0.616. The highest BCUT2D eigenvalue weighted by molar-refractivity contribution is 6.10. The molecule has 1 amide bonds. The van der Waals surface area contributed by atoms with Gasteiger partial charge in [0, 0.05) is 19.9 Å². The summed E-state index contributed by atoms with van der Waals surface area (Å²) in [4.78, 5) is 23.2. The molecule has 0 aliphatic heterocycles. The van der Waals surface area contributed by atoms with E-state index in [1.54, 1.807) is 24.3 Å². The predicted molar refractivity (Wildman–Crippen MR) is 62.8 cm³/mol. The Bertz CT molecular complexity index is 377. The molecule has 0 radical (unpaired) electrons. The fourth-order valence-electron chi connectivity index (χ4n) is 1.33. The Morgan fingerprint density at radius 1 is 1.24 bits per heavy atom. The first-order valence-electron chi connectivity index (χ1n) is 5.09. The topological polar surface area (TPSA) is 64.6 Å². The highest BCUT2D eigenvalue weighted by Gasteiger charge is 2.25. The molecule has 0 heterocycles. The van der Waals surface area contributed by atoms with Crippen LogP contribution in [0.2, 0.25) is 0 Å². The van der Waals surface area contributed by atoms with Crippen LogP contribution >= 0.6 is 0 Å². The lowest BCUT2D eigenvalue weighted by Crippen LogP contribution is -2.38. The minimum absolute atomic E-state index is 0.152. The summed E-state index contributed by atoms with van der Waals surface area (Å²) in [7, 11) is 2.70. The summed E-state index contributed by atoms with van der Waals surface area (Å²) in [6, 6.07) is 8.86. The van der Waals surface area contributed by atoms with Crippen molar-refractivity contribution in [1.82, 2.24) is 0 Å². The third-order valence-corrected chi connectivity index (χ3v) is 2.09. The van der Waals surface area contributed by atoms with Gasteiger partial charge in [-0.3, -0.25) is 9.59 Å². The van der Waals surface area contributed by atoms with Gasteiger partial charge in [0.15, 0.2) is 11.9 Å². The lowest BCUT2D eigenvalue weighted by molar-refractivity contribution is -0.141. The van der Waals surface area contributed by atoms with Gasteiger partial charge in [-0.25, -0.2) is 0 Å². The van der Waals surface area contributed by atoms with Gasteiger partial charge in [-0.1, -0.05) is 18.2 Å². The van der Waals surface area contributed by atoms with E-state index in [1.165, 1.54) is 14.2 Å². The molecule has 0 bridgehead atoms. The number of benzene rings is 1. The molecule has 0 saturated heterocycles. The Morgan fingerprint density at radius 3 is 2.41 bits per heavy atom. The number of para-hydroxylation sites is 1. The summed E-state index contributed by atoms with van der Waals surface area (Å²) >= 11 is 0. The van der Waals surface area contributed by atoms with Gasteiger partial charge in [-0.05, 0) is 12.1 Å². The molecule has 0 saturated carbocycles. The molecule has 0 aliphatic carbocycles. The first-order valence-corrected chi connectivity index (χ1v) is 5.09. The second-order valence-electron chi connectivity index (χ2n) is 3.37. The number of carbonyl (C=O) groups is 2. The fourth-order valence-corrected chi connectivity index (χ4v) is 1.33. The molecule has 0 unspecified atom stereocenters. The zero-order chi connectivity index (χ0) is 12.7. The molecule has 1 N–H and O–H groups in total. The number of ether oxygens (including phenoxy) is 2. The molecule has 0 fully saturated rings. The fraction of sp³-hybridized carbons (Fsp3) is 0.333. The Labute approximate surface area is 99.7 Å². The number of anilines is 1. The van der Waals surface area contributed by atoms with Crippen molar-refractivity contribution in [2.45, 2.75) is 6.10 Å². The normalized spacial score (nSPS) is 11.9. The van der Waals surface area contributed by atoms with Gasteiger partial charge in [0.1, 0.15) is 6.61 Å². The molecule has 1 atom stereocenters. The molecular weight excluding hydrogens is 222 g/mol. The van der Waals surface area contributed by atoms with Crippen molar-refractivity contribution in [2.24, 2.45) is 0 Å². The zero-order valence-electron chi connectivity index (χ0n) is 9.80. The number of rotatable bonds is 6. The molecule has 5 heteroatoms. The Balaban J connectivity index is 2.64. The Hall–Kier alpha value is -1.72. The number of hydrogen-bond donors (Lipinski definition) is 1. The molecule has 5 nitrogen and oxygen atoms in total. The summed E-state index contributed by atoms with van der Waals surface area (Å²) in [6.07, 6.45) is -1.14. The van der Waals surface area contributed by atoms with Gasteiger partial charge in [0.2, 0.25) is 0 Å². The lowest BCUT2D eigenvalue weighted by Gasteiger charge is -2.13. The average molecular weight is 237 g/mol. The Morgan fingerprint density at radius 2 is 1.88 bits per heavy atom. The molecule has 92 valence electrons. The summed E-state index contributed by atoms with van der Waals surface area (Å²) in [6.45, 7) is -0.152. The maximum absolute atomic E-state index is 11.7. The molecule has 0 spiro atoms. The van der Waals surface area contributed by atoms with Crippen molar-refractivity contribution in [2.75, 3.05) is 26.1 Å². The maximum atomic E-state index is 11.7. The van der Waals surface area contributed by atoms with Crippen LogP contribution in [0.5, 0.6) is 0 Å². The van der Waals surface area contributed by atoms with Crippen molar-refractivity contribution in [1.29, 1.82) is 0 Å². The summed E-state index contributed by atoms with van der Waals surface area (Å²) < 4.78 is 9.53. The van der Waals surface area contributed by atoms with Gasteiger partial charge in [-0.15, -0.1) is 0 Å². The standard InChI is InChI=1S/C12H15NO4/c1-16-8-10(14)11(17-2)12(15)13-9-6-4-3-5-7-9/h3-7,11H,8H2,1-2H3,(H,13,15)/t11-/m0/s1. The largest absolute Gasteiger partial charge is 0.377 e. The van der Waals surface area contributed by atoms with E-state index in [9.17, 15) is 9.59 Å². The number of nitrogens with one attached hydrogen (secondary N) is 1. The number of hydrogen-bond acceptors (Lipinski definition) is 4. The first-order chi connectivity index (χ1) is 8.19. The van der Waals surface area contributed by atoms with Gasteiger partial charge in [0.05, 0.1) is 0 Å². The van der Waals surface area contributed by atoms with Gasteiger partial charge < -0.3 is 14.8 Å². The van der Waals surface area contributed by atoms with Crippen LogP contribution in [-0.4, -0.2) is 38.6 Å². The SMILES string of the molecule is COCC(=O)[C@H](OC)C(=O)Nc1ccccc1. The number of ketones is 1. The van der Waals surface area contributed by atoms with Crippen molar-refractivity contribution in [3.05, 3.63) is 30.3 Å². The maximum Gasteiger partial charge on any atom is 0.261 e. The third kappa shape index (κ3) is 3.97. The van der Waals surface area contributed by atoms with Gasteiger partial charge in [-0.2, -0.15) is 0 Å². The number of Topliss-reactive ketones (excluding diaryl/α,β-unsaturated/α-hetero) is 1. The van der Waals surface area contributed by atoms with Crippen LogP contribution in [0.4, 0.5) is 5.69 Å². The summed E-state index contributed by atoms with van der Waals surface area (Å²) in [5, 5.41) is 2.59. The number of carbonyl (C=O) groups excluding carboxylic acids is 2.